The molecule has 0 saturated heterocycles. The highest BCUT2D eigenvalue weighted by Crippen LogP contribution is 2.15. The Morgan fingerprint density at radius 2 is 2.29 bits per heavy atom. The number of thiophene rings is 1. The summed E-state index contributed by atoms with van der Waals surface area (Å²) in [4.78, 5) is 1.42. The molecule has 92 valence electrons. The number of nitrogens with one attached hydrogen (secondary N) is 1. The molecule has 2 rings (SSSR count). The van der Waals surface area contributed by atoms with Crippen molar-refractivity contribution >= 4 is 11.3 Å². The van der Waals surface area contributed by atoms with Crippen LogP contribution < -0.4 is 5.32 Å². The molecular formula is C13H19N3S. The summed E-state index contributed by atoms with van der Waals surface area (Å²) in [5.74, 6) is 0. The third-order valence-corrected chi connectivity index (χ3v) is 3.83. The van der Waals surface area contributed by atoms with Crippen molar-refractivity contribution in [2.75, 3.05) is 0 Å². The molecule has 2 heterocycles. The summed E-state index contributed by atoms with van der Waals surface area (Å²) >= 11 is 1.82. The van der Waals surface area contributed by atoms with Crippen LogP contribution in [0.25, 0.3) is 0 Å². The van der Waals surface area contributed by atoms with Crippen LogP contribution in [-0.4, -0.2) is 15.8 Å². The van der Waals surface area contributed by atoms with Crippen LogP contribution in [0.15, 0.2) is 23.8 Å². The van der Waals surface area contributed by atoms with E-state index in [1.54, 1.807) is 0 Å². The van der Waals surface area contributed by atoms with Crippen LogP contribution in [0.5, 0.6) is 0 Å². The highest BCUT2D eigenvalue weighted by molar-refractivity contribution is 7.10. The quantitative estimate of drug-likeness (QED) is 0.883. The van der Waals surface area contributed by atoms with Gasteiger partial charge < -0.3 is 5.32 Å². The van der Waals surface area contributed by atoms with Gasteiger partial charge in [-0.1, -0.05) is 0 Å². The van der Waals surface area contributed by atoms with E-state index in [9.17, 15) is 0 Å². The minimum absolute atomic E-state index is 0.427. The number of hydrogen-bond acceptors (Lipinski definition) is 3. The van der Waals surface area contributed by atoms with Gasteiger partial charge in [0.2, 0.25) is 0 Å². The number of rotatable bonds is 5. The second-order valence-corrected chi connectivity index (χ2v) is 5.55. The van der Waals surface area contributed by atoms with Crippen LogP contribution >= 0.6 is 11.3 Å². The first kappa shape index (κ1) is 12.3. The van der Waals surface area contributed by atoms with Crippen molar-refractivity contribution in [2.24, 2.45) is 0 Å². The van der Waals surface area contributed by atoms with Gasteiger partial charge >= 0.3 is 0 Å². The standard InChI is InChI=1S/C13H19N3S/c1-10-6-15-16(8-10)9-12(3)14-7-13-11(2)4-5-17-13/h4-6,8,12,14H,7,9H2,1-3H3/t12-/m0/s1. The van der Waals surface area contributed by atoms with Crippen LogP contribution in [0, 0.1) is 13.8 Å². The van der Waals surface area contributed by atoms with Gasteiger partial charge in [-0.3, -0.25) is 4.68 Å². The number of aromatic nitrogens is 2. The van der Waals surface area contributed by atoms with Crippen LogP contribution in [0.4, 0.5) is 0 Å². The molecule has 0 aliphatic rings. The number of aryl methyl sites for hydroxylation is 2. The Hall–Kier alpha value is -1.13. The molecule has 3 nitrogen and oxygen atoms in total. The minimum Gasteiger partial charge on any atom is -0.308 e. The molecule has 0 radical (unpaired) electrons. The molecule has 2 aromatic rings. The molecule has 0 unspecified atom stereocenters. The van der Waals surface area contributed by atoms with E-state index in [1.807, 2.05) is 22.2 Å². The smallest absolute Gasteiger partial charge is 0.0560 e. The number of nitrogens with zero attached hydrogens (tertiary/aromatic N) is 2. The van der Waals surface area contributed by atoms with Gasteiger partial charge in [-0.05, 0) is 43.3 Å². The van der Waals surface area contributed by atoms with Crippen LogP contribution in [0.3, 0.4) is 0 Å². The van der Waals surface area contributed by atoms with E-state index in [1.165, 1.54) is 16.0 Å². The Balaban J connectivity index is 1.82. The Morgan fingerprint density at radius 3 is 2.88 bits per heavy atom. The van der Waals surface area contributed by atoms with Gasteiger partial charge in [0, 0.05) is 23.7 Å². The second-order valence-electron chi connectivity index (χ2n) is 4.55. The van der Waals surface area contributed by atoms with Gasteiger partial charge in [0.05, 0.1) is 12.7 Å². The molecule has 0 aliphatic heterocycles. The van der Waals surface area contributed by atoms with Crippen molar-refractivity contribution in [1.82, 2.24) is 15.1 Å². The summed E-state index contributed by atoms with van der Waals surface area (Å²) in [6.45, 7) is 8.29. The lowest BCUT2D eigenvalue weighted by molar-refractivity contribution is 0.452. The highest BCUT2D eigenvalue weighted by atomic mass is 32.1. The van der Waals surface area contributed by atoms with Crippen molar-refractivity contribution in [3.8, 4) is 0 Å². The van der Waals surface area contributed by atoms with Crippen LogP contribution in [0.2, 0.25) is 0 Å². The monoisotopic (exact) mass is 249 g/mol. The zero-order valence-electron chi connectivity index (χ0n) is 10.6. The van der Waals surface area contributed by atoms with Crippen molar-refractivity contribution in [2.45, 2.75) is 39.9 Å². The van der Waals surface area contributed by atoms with E-state index >= 15 is 0 Å². The third-order valence-electron chi connectivity index (χ3n) is 2.80. The molecule has 0 fully saturated rings. The van der Waals surface area contributed by atoms with Gasteiger partial charge in [0.1, 0.15) is 0 Å². The van der Waals surface area contributed by atoms with E-state index in [4.69, 9.17) is 0 Å². The lowest BCUT2D eigenvalue weighted by atomic mass is 10.2. The van der Waals surface area contributed by atoms with Gasteiger partial charge in [0.25, 0.3) is 0 Å². The Bertz CT molecular complexity index is 472. The summed E-state index contributed by atoms with van der Waals surface area (Å²) in [5.41, 5.74) is 2.59. The topological polar surface area (TPSA) is 29.9 Å². The summed E-state index contributed by atoms with van der Waals surface area (Å²) < 4.78 is 1.99. The molecule has 0 amide bonds. The zero-order valence-corrected chi connectivity index (χ0v) is 11.4. The highest BCUT2D eigenvalue weighted by Gasteiger charge is 2.05. The fraction of sp³-hybridized carbons (Fsp3) is 0.462. The molecule has 0 bridgehead atoms. The lowest BCUT2D eigenvalue weighted by Crippen LogP contribution is -2.30. The SMILES string of the molecule is Cc1cnn(C[C@H](C)NCc2sccc2C)c1. The summed E-state index contributed by atoms with van der Waals surface area (Å²) in [6.07, 6.45) is 3.98. The molecule has 4 heteroatoms. The molecule has 0 aliphatic carbocycles. The van der Waals surface area contributed by atoms with E-state index in [0.29, 0.717) is 6.04 Å². The fourth-order valence-corrected chi connectivity index (χ4v) is 2.62. The molecule has 0 aromatic carbocycles. The van der Waals surface area contributed by atoms with Gasteiger partial charge in [-0.15, -0.1) is 11.3 Å². The maximum absolute atomic E-state index is 4.30. The van der Waals surface area contributed by atoms with Crippen molar-refractivity contribution < 1.29 is 0 Å². The van der Waals surface area contributed by atoms with E-state index in [0.717, 1.165) is 13.1 Å². The first-order valence-corrected chi connectivity index (χ1v) is 6.78. The van der Waals surface area contributed by atoms with Gasteiger partial charge in [-0.2, -0.15) is 5.10 Å². The Kier molecular flexibility index (Phi) is 3.97. The van der Waals surface area contributed by atoms with Crippen LogP contribution in [-0.2, 0) is 13.1 Å². The van der Waals surface area contributed by atoms with E-state index in [-0.39, 0.29) is 0 Å². The third kappa shape index (κ3) is 3.41. The normalized spacial score (nSPS) is 12.9. The first-order chi connectivity index (χ1) is 8.15. The average molecular weight is 249 g/mol. The lowest BCUT2D eigenvalue weighted by Gasteiger charge is -2.13. The fourth-order valence-electron chi connectivity index (χ4n) is 1.76. The molecule has 1 N–H and O–H groups in total. The molecule has 0 saturated carbocycles. The molecule has 0 spiro atoms. The van der Waals surface area contributed by atoms with Crippen molar-refractivity contribution in [3.05, 3.63) is 39.8 Å². The van der Waals surface area contributed by atoms with Gasteiger partial charge in [-0.25, -0.2) is 0 Å². The molecular weight excluding hydrogens is 230 g/mol. The number of hydrogen-bond donors (Lipinski definition) is 1. The second kappa shape index (κ2) is 5.47. The zero-order chi connectivity index (χ0) is 12.3. The molecule has 1 atom stereocenters. The molecule has 2 aromatic heterocycles. The average Bonchev–Trinajstić information content (AvgIpc) is 2.85. The molecule has 17 heavy (non-hydrogen) atoms. The Labute approximate surface area is 106 Å². The summed E-state index contributed by atoms with van der Waals surface area (Å²) in [7, 11) is 0. The maximum Gasteiger partial charge on any atom is 0.0560 e. The minimum atomic E-state index is 0.427. The van der Waals surface area contributed by atoms with Crippen LogP contribution in [0.1, 0.15) is 22.9 Å². The summed E-state index contributed by atoms with van der Waals surface area (Å²) in [5, 5.41) is 9.98. The summed E-state index contributed by atoms with van der Waals surface area (Å²) in [6, 6.07) is 2.60. The maximum atomic E-state index is 4.30. The van der Waals surface area contributed by atoms with E-state index < -0.39 is 0 Å². The predicted octanol–water partition coefficient (Wildman–Crippen LogP) is 2.74. The predicted molar refractivity (Wildman–Crippen MR) is 72.3 cm³/mol. The largest absolute Gasteiger partial charge is 0.308 e. The van der Waals surface area contributed by atoms with Gasteiger partial charge in [0.15, 0.2) is 0 Å². The van der Waals surface area contributed by atoms with E-state index in [2.05, 4.69) is 48.8 Å². The van der Waals surface area contributed by atoms with Crippen molar-refractivity contribution in [1.29, 1.82) is 0 Å². The van der Waals surface area contributed by atoms with Crippen molar-refractivity contribution in [3.63, 3.8) is 0 Å². The Morgan fingerprint density at radius 1 is 1.47 bits per heavy atom. The first-order valence-electron chi connectivity index (χ1n) is 5.90.